The number of nitrogens with one attached hydrogen (secondary N) is 1. The summed E-state index contributed by atoms with van der Waals surface area (Å²) in [5.41, 5.74) is 1.12. The van der Waals surface area contributed by atoms with Crippen molar-refractivity contribution in [2.75, 3.05) is 6.54 Å². The summed E-state index contributed by atoms with van der Waals surface area (Å²) in [5, 5.41) is 3.28. The first-order valence-corrected chi connectivity index (χ1v) is 4.77. The molecule has 0 saturated carbocycles. The zero-order valence-electron chi connectivity index (χ0n) is 8.89. The molecule has 1 aliphatic rings. The van der Waals surface area contributed by atoms with Crippen LogP contribution >= 0.6 is 12.4 Å². The summed E-state index contributed by atoms with van der Waals surface area (Å²) in [7, 11) is 0. The van der Waals surface area contributed by atoms with Gasteiger partial charge in [0.25, 0.3) is 0 Å². The van der Waals surface area contributed by atoms with Gasteiger partial charge in [0.1, 0.15) is 5.76 Å². The molecule has 3 nitrogen and oxygen atoms in total. The number of aromatic nitrogens is 1. The maximum Gasteiger partial charge on any atom is 0.200 e. The van der Waals surface area contributed by atoms with Crippen molar-refractivity contribution < 1.29 is 4.42 Å². The molecule has 1 aromatic heterocycles. The van der Waals surface area contributed by atoms with Gasteiger partial charge in [-0.05, 0) is 0 Å². The quantitative estimate of drug-likeness (QED) is 0.721. The molecule has 1 aromatic rings. The van der Waals surface area contributed by atoms with Gasteiger partial charge in [0, 0.05) is 24.9 Å². The number of oxazole rings is 1. The molecular formula is C10H17ClN2O. The average molecular weight is 217 g/mol. The first-order valence-electron chi connectivity index (χ1n) is 4.77. The molecule has 0 aliphatic carbocycles. The highest BCUT2D eigenvalue weighted by molar-refractivity contribution is 5.85. The molecule has 4 heteroatoms. The predicted octanol–water partition coefficient (Wildman–Crippen LogP) is 2.04. The lowest BCUT2D eigenvalue weighted by Gasteiger charge is -2.11. The third kappa shape index (κ3) is 2.10. The summed E-state index contributed by atoms with van der Waals surface area (Å²) < 4.78 is 5.72. The van der Waals surface area contributed by atoms with E-state index in [0.29, 0.717) is 0 Å². The second kappa shape index (κ2) is 3.91. The van der Waals surface area contributed by atoms with E-state index in [4.69, 9.17) is 4.42 Å². The lowest BCUT2D eigenvalue weighted by molar-refractivity contribution is 0.368. The van der Waals surface area contributed by atoms with Crippen molar-refractivity contribution in [3.8, 4) is 0 Å². The molecule has 80 valence electrons. The van der Waals surface area contributed by atoms with Crippen LogP contribution in [0.25, 0.3) is 0 Å². The smallest absolute Gasteiger partial charge is 0.200 e. The largest absolute Gasteiger partial charge is 0.445 e. The fourth-order valence-electron chi connectivity index (χ4n) is 1.45. The molecule has 0 unspecified atom stereocenters. The van der Waals surface area contributed by atoms with Crippen molar-refractivity contribution in [1.82, 2.24) is 10.3 Å². The number of nitrogens with zero attached hydrogens (tertiary/aromatic N) is 1. The van der Waals surface area contributed by atoms with Crippen LogP contribution in [0.3, 0.4) is 0 Å². The fourth-order valence-corrected chi connectivity index (χ4v) is 1.45. The van der Waals surface area contributed by atoms with Gasteiger partial charge in [-0.1, -0.05) is 20.8 Å². The molecule has 1 N–H and O–H groups in total. The lowest BCUT2D eigenvalue weighted by Crippen LogP contribution is -2.22. The highest BCUT2D eigenvalue weighted by atomic mass is 35.5. The van der Waals surface area contributed by atoms with E-state index in [-0.39, 0.29) is 17.8 Å². The number of fused-ring (bicyclic) bond motifs is 1. The third-order valence-electron chi connectivity index (χ3n) is 2.24. The van der Waals surface area contributed by atoms with E-state index in [0.717, 1.165) is 36.9 Å². The van der Waals surface area contributed by atoms with Gasteiger partial charge in [-0.3, -0.25) is 0 Å². The molecule has 1 aliphatic heterocycles. The van der Waals surface area contributed by atoms with Crippen LogP contribution in [-0.2, 0) is 18.4 Å². The van der Waals surface area contributed by atoms with Crippen molar-refractivity contribution in [2.24, 2.45) is 0 Å². The summed E-state index contributed by atoms with van der Waals surface area (Å²) in [6.45, 7) is 8.23. The number of hydrogen-bond acceptors (Lipinski definition) is 3. The van der Waals surface area contributed by atoms with E-state index in [1.165, 1.54) is 0 Å². The summed E-state index contributed by atoms with van der Waals surface area (Å²) in [6.07, 6.45) is 0.971. The maximum atomic E-state index is 5.72. The van der Waals surface area contributed by atoms with E-state index in [2.05, 4.69) is 31.1 Å². The average Bonchev–Trinajstić information content (AvgIpc) is 2.45. The molecule has 0 fully saturated rings. The van der Waals surface area contributed by atoms with Gasteiger partial charge < -0.3 is 9.73 Å². The van der Waals surface area contributed by atoms with Crippen molar-refractivity contribution in [3.05, 3.63) is 17.3 Å². The summed E-state index contributed by atoms with van der Waals surface area (Å²) in [5.74, 6) is 1.94. The molecule has 2 heterocycles. The van der Waals surface area contributed by atoms with Gasteiger partial charge in [0.05, 0.1) is 5.69 Å². The highest BCUT2D eigenvalue weighted by Crippen LogP contribution is 2.25. The monoisotopic (exact) mass is 216 g/mol. The van der Waals surface area contributed by atoms with Gasteiger partial charge in [-0.25, -0.2) is 4.98 Å². The standard InChI is InChI=1S/C10H16N2O.ClH/c1-10(2,3)9-12-7-6-11-5-4-8(7)13-9;/h11H,4-6H2,1-3H3;1H. The summed E-state index contributed by atoms with van der Waals surface area (Å²) in [4.78, 5) is 4.49. The van der Waals surface area contributed by atoms with Gasteiger partial charge in [0.2, 0.25) is 0 Å². The highest BCUT2D eigenvalue weighted by Gasteiger charge is 2.24. The topological polar surface area (TPSA) is 38.1 Å². The van der Waals surface area contributed by atoms with E-state index in [1.54, 1.807) is 0 Å². The maximum absolute atomic E-state index is 5.72. The number of halogens is 1. The van der Waals surface area contributed by atoms with Gasteiger partial charge >= 0.3 is 0 Å². The van der Waals surface area contributed by atoms with Crippen molar-refractivity contribution in [1.29, 1.82) is 0 Å². The Morgan fingerprint density at radius 2 is 2.07 bits per heavy atom. The summed E-state index contributed by atoms with van der Waals surface area (Å²) >= 11 is 0. The molecular weight excluding hydrogens is 200 g/mol. The minimum absolute atomic E-state index is 0. The fraction of sp³-hybridized carbons (Fsp3) is 0.700. The number of hydrogen-bond donors (Lipinski definition) is 1. The molecule has 0 aromatic carbocycles. The Kier molecular flexibility index (Phi) is 3.22. The van der Waals surface area contributed by atoms with Gasteiger partial charge in [0.15, 0.2) is 5.89 Å². The van der Waals surface area contributed by atoms with Crippen LogP contribution in [-0.4, -0.2) is 11.5 Å². The molecule has 0 radical (unpaired) electrons. The van der Waals surface area contributed by atoms with Crippen LogP contribution in [0.15, 0.2) is 4.42 Å². The molecule has 0 amide bonds. The van der Waals surface area contributed by atoms with Crippen LogP contribution in [0, 0.1) is 0 Å². The van der Waals surface area contributed by atoms with Crippen molar-refractivity contribution >= 4 is 12.4 Å². The SMILES string of the molecule is CC(C)(C)c1nc2c(o1)CCNC2.Cl. The normalized spacial score (nSPS) is 15.9. The van der Waals surface area contributed by atoms with Gasteiger partial charge in [-0.15, -0.1) is 12.4 Å². The zero-order valence-corrected chi connectivity index (χ0v) is 9.70. The second-order valence-electron chi connectivity index (χ2n) is 4.57. The Bertz CT molecular complexity index is 291. The van der Waals surface area contributed by atoms with Gasteiger partial charge in [-0.2, -0.15) is 0 Å². The van der Waals surface area contributed by atoms with Crippen molar-refractivity contribution in [2.45, 2.75) is 39.2 Å². The molecule has 0 spiro atoms. The Labute approximate surface area is 90.7 Å². The molecule has 2 rings (SSSR count). The Morgan fingerprint density at radius 1 is 1.36 bits per heavy atom. The van der Waals surface area contributed by atoms with E-state index in [9.17, 15) is 0 Å². The molecule has 0 bridgehead atoms. The third-order valence-corrected chi connectivity index (χ3v) is 2.24. The van der Waals surface area contributed by atoms with E-state index in [1.807, 2.05) is 0 Å². The Morgan fingerprint density at radius 3 is 2.64 bits per heavy atom. The van der Waals surface area contributed by atoms with Crippen molar-refractivity contribution in [3.63, 3.8) is 0 Å². The Hall–Kier alpha value is -0.540. The molecule has 0 atom stereocenters. The van der Waals surface area contributed by atoms with Crippen LogP contribution in [0.2, 0.25) is 0 Å². The second-order valence-corrected chi connectivity index (χ2v) is 4.57. The first-order chi connectivity index (χ1) is 6.07. The first kappa shape index (κ1) is 11.5. The molecule has 14 heavy (non-hydrogen) atoms. The Balaban J connectivity index is 0.000000980. The number of rotatable bonds is 0. The van der Waals surface area contributed by atoms with Crippen LogP contribution in [0.5, 0.6) is 0 Å². The van der Waals surface area contributed by atoms with E-state index < -0.39 is 0 Å². The summed E-state index contributed by atoms with van der Waals surface area (Å²) in [6, 6.07) is 0. The predicted molar refractivity (Wildman–Crippen MR) is 57.9 cm³/mol. The molecule has 0 saturated heterocycles. The van der Waals surface area contributed by atoms with Crippen LogP contribution in [0.4, 0.5) is 0 Å². The van der Waals surface area contributed by atoms with E-state index >= 15 is 0 Å². The van der Waals surface area contributed by atoms with Crippen LogP contribution < -0.4 is 5.32 Å². The zero-order chi connectivity index (χ0) is 9.47. The minimum atomic E-state index is 0. The van der Waals surface area contributed by atoms with Crippen LogP contribution in [0.1, 0.15) is 38.1 Å². The minimum Gasteiger partial charge on any atom is -0.445 e. The lowest BCUT2D eigenvalue weighted by atomic mass is 9.97.